The highest BCUT2D eigenvalue weighted by atomic mass is 35.5. The first-order valence-electron chi connectivity index (χ1n) is 8.01. The van der Waals surface area contributed by atoms with E-state index in [4.69, 9.17) is 46.4 Å². The van der Waals surface area contributed by atoms with Crippen LogP contribution in [0.25, 0.3) is 0 Å². The summed E-state index contributed by atoms with van der Waals surface area (Å²) in [6, 6.07) is 10.4. The van der Waals surface area contributed by atoms with Gasteiger partial charge < -0.3 is 5.32 Å². The van der Waals surface area contributed by atoms with Crippen LogP contribution in [0.2, 0.25) is 20.1 Å². The Morgan fingerprint density at radius 3 is 2.48 bits per heavy atom. The van der Waals surface area contributed by atoms with Crippen LogP contribution < -0.4 is 5.32 Å². The summed E-state index contributed by atoms with van der Waals surface area (Å²) in [7, 11) is 0. The van der Waals surface area contributed by atoms with Gasteiger partial charge in [0.05, 0.1) is 49.3 Å². The Bertz CT molecular complexity index is 1030. The van der Waals surface area contributed by atoms with E-state index >= 15 is 0 Å². The molecule has 0 saturated heterocycles. The number of nitrogens with zero attached hydrogens (tertiary/aromatic N) is 2. The minimum Gasteiger partial charge on any atom is -0.319 e. The molecule has 4 nitrogen and oxygen atoms in total. The molecule has 0 spiro atoms. The standard InChI is InChI=1S/C19H15Cl4N3O/c1-10-18(24-19(27)13-4-3-5-15(21)17(13)23)11(2)26(25-10)9-12-6-7-14(20)16(22)8-12/h3-8H,9H2,1-2H3,(H,24,27). The van der Waals surface area contributed by atoms with Crippen LogP contribution in [-0.2, 0) is 6.54 Å². The molecule has 1 N–H and O–H groups in total. The molecule has 27 heavy (non-hydrogen) atoms. The molecule has 140 valence electrons. The van der Waals surface area contributed by atoms with Gasteiger partial charge in [0.2, 0.25) is 0 Å². The Kier molecular flexibility index (Phi) is 6.02. The Balaban J connectivity index is 1.86. The molecule has 0 fully saturated rings. The van der Waals surface area contributed by atoms with Gasteiger partial charge in [0, 0.05) is 0 Å². The van der Waals surface area contributed by atoms with Crippen molar-refractivity contribution >= 4 is 58.0 Å². The molecule has 0 atom stereocenters. The number of halogens is 4. The quantitative estimate of drug-likeness (QED) is 0.507. The van der Waals surface area contributed by atoms with Crippen LogP contribution in [-0.4, -0.2) is 15.7 Å². The maximum absolute atomic E-state index is 12.6. The van der Waals surface area contributed by atoms with Crippen LogP contribution in [0.1, 0.15) is 27.3 Å². The zero-order valence-corrected chi connectivity index (χ0v) is 17.5. The van der Waals surface area contributed by atoms with Crippen molar-refractivity contribution in [3.05, 3.63) is 79.0 Å². The number of aryl methyl sites for hydroxylation is 1. The molecule has 0 aliphatic rings. The van der Waals surface area contributed by atoms with Crippen LogP contribution in [0, 0.1) is 13.8 Å². The van der Waals surface area contributed by atoms with Crippen LogP contribution in [0.15, 0.2) is 36.4 Å². The van der Waals surface area contributed by atoms with E-state index in [9.17, 15) is 4.79 Å². The molecule has 0 radical (unpaired) electrons. The second kappa shape index (κ2) is 8.11. The minimum absolute atomic E-state index is 0.218. The summed E-state index contributed by atoms with van der Waals surface area (Å²) in [5.41, 5.74) is 3.39. The summed E-state index contributed by atoms with van der Waals surface area (Å²) in [5.74, 6) is -0.345. The minimum atomic E-state index is -0.345. The number of aromatic nitrogens is 2. The number of hydrogen-bond donors (Lipinski definition) is 1. The maximum atomic E-state index is 12.6. The molecule has 1 heterocycles. The number of benzene rings is 2. The molecule has 1 aromatic heterocycles. The summed E-state index contributed by atoms with van der Waals surface area (Å²) in [5, 5.41) is 8.92. The average Bonchev–Trinajstić information content (AvgIpc) is 2.88. The lowest BCUT2D eigenvalue weighted by Crippen LogP contribution is -2.14. The van der Waals surface area contributed by atoms with E-state index in [1.807, 2.05) is 19.9 Å². The van der Waals surface area contributed by atoms with Crippen molar-refractivity contribution < 1.29 is 4.79 Å². The summed E-state index contributed by atoms with van der Waals surface area (Å²) in [6.07, 6.45) is 0. The lowest BCUT2D eigenvalue weighted by Gasteiger charge is -2.09. The number of carbonyl (C=O) groups is 1. The van der Waals surface area contributed by atoms with E-state index < -0.39 is 0 Å². The molecule has 0 unspecified atom stereocenters. The fourth-order valence-electron chi connectivity index (χ4n) is 2.70. The zero-order chi connectivity index (χ0) is 19.7. The number of rotatable bonds is 4. The monoisotopic (exact) mass is 441 g/mol. The summed E-state index contributed by atoms with van der Waals surface area (Å²) >= 11 is 24.2. The topological polar surface area (TPSA) is 46.9 Å². The predicted octanol–water partition coefficient (Wildman–Crippen LogP) is 6.41. The van der Waals surface area contributed by atoms with Gasteiger partial charge in [-0.1, -0.05) is 58.5 Å². The van der Waals surface area contributed by atoms with Gasteiger partial charge in [-0.05, 0) is 43.7 Å². The molecular formula is C19H15Cl4N3O. The molecule has 8 heteroatoms. The molecular weight excluding hydrogens is 428 g/mol. The lowest BCUT2D eigenvalue weighted by atomic mass is 10.2. The first kappa shape index (κ1) is 20.0. The van der Waals surface area contributed by atoms with Gasteiger partial charge in [-0.2, -0.15) is 5.10 Å². The normalized spacial score (nSPS) is 10.9. The van der Waals surface area contributed by atoms with E-state index in [2.05, 4.69) is 10.4 Å². The third-order valence-electron chi connectivity index (χ3n) is 4.13. The van der Waals surface area contributed by atoms with Crippen molar-refractivity contribution in [1.29, 1.82) is 0 Å². The third-order valence-corrected chi connectivity index (χ3v) is 5.69. The second-order valence-corrected chi connectivity index (χ2v) is 7.61. The van der Waals surface area contributed by atoms with E-state index in [1.165, 1.54) is 0 Å². The average molecular weight is 443 g/mol. The molecule has 2 aromatic carbocycles. The van der Waals surface area contributed by atoms with Crippen LogP contribution in [0.5, 0.6) is 0 Å². The Morgan fingerprint density at radius 2 is 1.78 bits per heavy atom. The molecule has 0 aliphatic carbocycles. The fraction of sp³-hybridized carbons (Fsp3) is 0.158. The van der Waals surface area contributed by atoms with Crippen molar-refractivity contribution in [2.24, 2.45) is 0 Å². The molecule has 0 bridgehead atoms. The van der Waals surface area contributed by atoms with Gasteiger partial charge in [-0.25, -0.2) is 0 Å². The van der Waals surface area contributed by atoms with Crippen LogP contribution in [0.3, 0.4) is 0 Å². The number of amides is 1. The third kappa shape index (κ3) is 4.25. The zero-order valence-electron chi connectivity index (χ0n) is 14.5. The van der Waals surface area contributed by atoms with Gasteiger partial charge in [0.15, 0.2) is 0 Å². The molecule has 0 aliphatic heterocycles. The first-order valence-corrected chi connectivity index (χ1v) is 9.52. The SMILES string of the molecule is Cc1nn(Cc2ccc(Cl)c(Cl)c2)c(C)c1NC(=O)c1cccc(Cl)c1Cl. The van der Waals surface area contributed by atoms with E-state index in [1.54, 1.807) is 35.0 Å². The van der Waals surface area contributed by atoms with Crippen molar-refractivity contribution in [1.82, 2.24) is 9.78 Å². The number of hydrogen-bond acceptors (Lipinski definition) is 2. The number of anilines is 1. The first-order chi connectivity index (χ1) is 12.8. The van der Waals surface area contributed by atoms with Gasteiger partial charge in [0.1, 0.15) is 0 Å². The molecule has 3 aromatic rings. The predicted molar refractivity (Wildman–Crippen MR) is 112 cm³/mol. The van der Waals surface area contributed by atoms with Gasteiger partial charge in [-0.15, -0.1) is 0 Å². The van der Waals surface area contributed by atoms with E-state index in [0.717, 1.165) is 11.3 Å². The Labute approximate surface area is 177 Å². The van der Waals surface area contributed by atoms with Gasteiger partial charge in [-0.3, -0.25) is 9.48 Å². The largest absolute Gasteiger partial charge is 0.319 e. The van der Waals surface area contributed by atoms with Crippen molar-refractivity contribution in [3.8, 4) is 0 Å². The highest BCUT2D eigenvalue weighted by molar-refractivity contribution is 6.44. The maximum Gasteiger partial charge on any atom is 0.257 e. The van der Waals surface area contributed by atoms with Crippen LogP contribution in [0.4, 0.5) is 5.69 Å². The van der Waals surface area contributed by atoms with Gasteiger partial charge >= 0.3 is 0 Å². The lowest BCUT2D eigenvalue weighted by molar-refractivity contribution is 0.102. The Hall–Kier alpha value is -1.72. The van der Waals surface area contributed by atoms with Gasteiger partial charge in [0.25, 0.3) is 5.91 Å². The highest BCUT2D eigenvalue weighted by Gasteiger charge is 2.18. The van der Waals surface area contributed by atoms with Crippen LogP contribution >= 0.6 is 46.4 Å². The summed E-state index contributed by atoms with van der Waals surface area (Å²) < 4.78 is 1.80. The summed E-state index contributed by atoms with van der Waals surface area (Å²) in [4.78, 5) is 12.6. The van der Waals surface area contributed by atoms with E-state index in [-0.39, 0.29) is 10.9 Å². The molecule has 0 saturated carbocycles. The molecule has 3 rings (SSSR count). The number of nitrogens with one attached hydrogen (secondary N) is 1. The second-order valence-electron chi connectivity index (χ2n) is 6.01. The van der Waals surface area contributed by atoms with Crippen molar-refractivity contribution in [2.45, 2.75) is 20.4 Å². The highest BCUT2D eigenvalue weighted by Crippen LogP contribution is 2.28. The van der Waals surface area contributed by atoms with Crippen molar-refractivity contribution in [2.75, 3.05) is 5.32 Å². The smallest absolute Gasteiger partial charge is 0.257 e. The molecule has 1 amide bonds. The van der Waals surface area contributed by atoms with Crippen molar-refractivity contribution in [3.63, 3.8) is 0 Å². The van der Waals surface area contributed by atoms with E-state index in [0.29, 0.717) is 38.6 Å². The fourth-order valence-corrected chi connectivity index (χ4v) is 3.41. The Morgan fingerprint density at radius 1 is 1.04 bits per heavy atom. The summed E-state index contributed by atoms with van der Waals surface area (Å²) in [6.45, 7) is 4.21. The number of carbonyl (C=O) groups excluding carboxylic acids is 1.